The van der Waals surface area contributed by atoms with Crippen LogP contribution in [0, 0.1) is 0 Å². The second-order valence-corrected chi connectivity index (χ2v) is 6.13. The molecule has 0 atom stereocenters. The van der Waals surface area contributed by atoms with E-state index in [2.05, 4.69) is 15.3 Å². The van der Waals surface area contributed by atoms with Crippen molar-refractivity contribution in [3.8, 4) is 11.5 Å². The molecule has 0 aliphatic heterocycles. The molecule has 3 aromatic rings. The van der Waals surface area contributed by atoms with E-state index in [1.54, 1.807) is 14.2 Å². The maximum absolute atomic E-state index is 12.4. The summed E-state index contributed by atoms with van der Waals surface area (Å²) in [7, 11) is 3.20. The molecule has 28 heavy (non-hydrogen) atoms. The Balaban J connectivity index is 1.68. The zero-order chi connectivity index (χ0) is 19.9. The summed E-state index contributed by atoms with van der Waals surface area (Å²) in [6.07, 6.45) is 0.402. The second kappa shape index (κ2) is 8.85. The molecule has 7 heteroatoms. The zero-order valence-electron chi connectivity index (χ0n) is 15.7. The van der Waals surface area contributed by atoms with Crippen molar-refractivity contribution in [1.29, 1.82) is 0 Å². The molecule has 2 N–H and O–H groups in total. The molecule has 3 rings (SSSR count). The summed E-state index contributed by atoms with van der Waals surface area (Å²) < 4.78 is 10.2. The number of ether oxygens (including phenoxy) is 2. The summed E-state index contributed by atoms with van der Waals surface area (Å²) in [4.78, 5) is 31.3. The second-order valence-electron chi connectivity index (χ2n) is 6.13. The molecule has 0 aliphatic rings. The summed E-state index contributed by atoms with van der Waals surface area (Å²) in [5.74, 6) is 1.51. The van der Waals surface area contributed by atoms with Gasteiger partial charge in [-0.05, 0) is 35.4 Å². The van der Waals surface area contributed by atoms with E-state index in [0.717, 1.165) is 22.6 Å². The van der Waals surface area contributed by atoms with Crippen LogP contribution in [0.5, 0.6) is 11.5 Å². The maximum atomic E-state index is 12.4. The van der Waals surface area contributed by atoms with Crippen LogP contribution >= 0.6 is 0 Å². The van der Waals surface area contributed by atoms with Gasteiger partial charge in [0.1, 0.15) is 23.0 Å². The van der Waals surface area contributed by atoms with Gasteiger partial charge in [-0.25, -0.2) is 4.98 Å². The van der Waals surface area contributed by atoms with Gasteiger partial charge in [0.25, 0.3) is 11.5 Å². The van der Waals surface area contributed by atoms with Gasteiger partial charge in [-0.1, -0.05) is 24.3 Å². The Labute approximate surface area is 162 Å². The quantitative estimate of drug-likeness (QED) is 0.657. The average molecular weight is 379 g/mol. The van der Waals surface area contributed by atoms with E-state index in [-0.39, 0.29) is 11.3 Å². The average Bonchev–Trinajstić information content (AvgIpc) is 2.72. The number of benzene rings is 2. The standard InChI is InChI=1S/C21H21N3O4/c1-27-16-7-3-14(4-8-16)11-19-23-18(12-20(25)24-19)21(26)22-13-15-5-9-17(28-2)10-6-15/h3-10,12H,11,13H2,1-2H3,(H,22,26)(H,23,24,25). The monoisotopic (exact) mass is 379 g/mol. The van der Waals surface area contributed by atoms with Gasteiger partial charge >= 0.3 is 0 Å². The Morgan fingerprint density at radius 1 is 0.964 bits per heavy atom. The van der Waals surface area contributed by atoms with Crippen LogP contribution < -0.4 is 20.3 Å². The highest BCUT2D eigenvalue weighted by Gasteiger charge is 2.11. The zero-order valence-corrected chi connectivity index (χ0v) is 15.7. The third-order valence-electron chi connectivity index (χ3n) is 4.17. The molecule has 2 aromatic carbocycles. The predicted octanol–water partition coefficient (Wildman–Crippen LogP) is 2.31. The van der Waals surface area contributed by atoms with Crippen LogP contribution in [-0.4, -0.2) is 30.1 Å². The van der Waals surface area contributed by atoms with Crippen molar-refractivity contribution in [1.82, 2.24) is 15.3 Å². The third kappa shape index (κ3) is 4.97. The van der Waals surface area contributed by atoms with Crippen molar-refractivity contribution >= 4 is 5.91 Å². The molecule has 0 saturated carbocycles. The first-order valence-electron chi connectivity index (χ1n) is 8.71. The van der Waals surface area contributed by atoms with Gasteiger partial charge in [0, 0.05) is 19.0 Å². The lowest BCUT2D eigenvalue weighted by atomic mass is 10.1. The molecule has 1 heterocycles. The first-order chi connectivity index (χ1) is 13.6. The van der Waals surface area contributed by atoms with Crippen LogP contribution in [-0.2, 0) is 13.0 Å². The molecule has 0 unspecified atom stereocenters. The number of hydrogen-bond donors (Lipinski definition) is 2. The summed E-state index contributed by atoms with van der Waals surface area (Å²) in [5, 5.41) is 2.77. The van der Waals surface area contributed by atoms with Gasteiger partial charge in [-0.3, -0.25) is 9.59 Å². The van der Waals surface area contributed by atoms with Crippen LogP contribution in [0.15, 0.2) is 59.4 Å². The van der Waals surface area contributed by atoms with Gasteiger partial charge in [-0.2, -0.15) is 0 Å². The Bertz CT molecular complexity index is 995. The Kier molecular flexibility index (Phi) is 6.06. The van der Waals surface area contributed by atoms with E-state index < -0.39 is 5.91 Å². The van der Waals surface area contributed by atoms with E-state index in [0.29, 0.717) is 18.8 Å². The lowest BCUT2D eigenvalue weighted by molar-refractivity contribution is 0.0945. The number of nitrogens with zero attached hydrogens (tertiary/aromatic N) is 1. The molecule has 7 nitrogen and oxygen atoms in total. The highest BCUT2D eigenvalue weighted by molar-refractivity contribution is 5.92. The van der Waals surface area contributed by atoms with Gasteiger partial charge in [0.2, 0.25) is 0 Å². The minimum Gasteiger partial charge on any atom is -0.497 e. The summed E-state index contributed by atoms with van der Waals surface area (Å²) in [6.45, 7) is 0.325. The van der Waals surface area contributed by atoms with Crippen molar-refractivity contribution in [3.05, 3.63) is 87.6 Å². The molecule has 0 fully saturated rings. The van der Waals surface area contributed by atoms with Crippen molar-refractivity contribution in [3.63, 3.8) is 0 Å². The van der Waals surface area contributed by atoms with Crippen LogP contribution in [0.2, 0.25) is 0 Å². The van der Waals surface area contributed by atoms with Gasteiger partial charge < -0.3 is 19.8 Å². The van der Waals surface area contributed by atoms with E-state index in [1.807, 2.05) is 48.5 Å². The lowest BCUT2D eigenvalue weighted by Gasteiger charge is -2.08. The molecule has 0 saturated heterocycles. The number of methoxy groups -OCH3 is 2. The maximum Gasteiger partial charge on any atom is 0.270 e. The molecular formula is C21H21N3O4. The Morgan fingerprint density at radius 2 is 1.54 bits per heavy atom. The van der Waals surface area contributed by atoms with E-state index in [4.69, 9.17) is 9.47 Å². The first kappa shape index (κ1) is 19.2. The molecular weight excluding hydrogens is 358 g/mol. The minimum absolute atomic E-state index is 0.0840. The number of nitrogens with one attached hydrogen (secondary N) is 2. The smallest absolute Gasteiger partial charge is 0.270 e. The fourth-order valence-electron chi connectivity index (χ4n) is 2.66. The number of H-pyrrole nitrogens is 1. The Hall–Kier alpha value is -3.61. The fourth-order valence-corrected chi connectivity index (χ4v) is 2.66. The lowest BCUT2D eigenvalue weighted by Crippen LogP contribution is -2.26. The highest BCUT2D eigenvalue weighted by Crippen LogP contribution is 2.13. The number of rotatable bonds is 7. The van der Waals surface area contributed by atoms with E-state index in [9.17, 15) is 9.59 Å². The van der Waals surface area contributed by atoms with Crippen molar-refractivity contribution in [2.75, 3.05) is 14.2 Å². The van der Waals surface area contributed by atoms with Crippen LogP contribution in [0.1, 0.15) is 27.4 Å². The fraction of sp³-hybridized carbons (Fsp3) is 0.190. The van der Waals surface area contributed by atoms with Crippen LogP contribution in [0.3, 0.4) is 0 Å². The number of aromatic amines is 1. The number of hydrogen-bond acceptors (Lipinski definition) is 5. The molecule has 0 spiro atoms. The molecule has 0 radical (unpaired) electrons. The number of carbonyl (C=O) groups excluding carboxylic acids is 1. The summed E-state index contributed by atoms with van der Waals surface area (Å²) in [5.41, 5.74) is 1.58. The normalized spacial score (nSPS) is 10.4. The van der Waals surface area contributed by atoms with Gasteiger partial charge in [-0.15, -0.1) is 0 Å². The van der Waals surface area contributed by atoms with Crippen molar-refractivity contribution in [2.45, 2.75) is 13.0 Å². The minimum atomic E-state index is -0.405. The van der Waals surface area contributed by atoms with E-state index >= 15 is 0 Å². The van der Waals surface area contributed by atoms with Crippen molar-refractivity contribution < 1.29 is 14.3 Å². The largest absolute Gasteiger partial charge is 0.497 e. The number of amides is 1. The molecule has 144 valence electrons. The summed E-state index contributed by atoms with van der Waals surface area (Å²) in [6, 6.07) is 16.0. The molecule has 1 aromatic heterocycles. The number of carbonyl (C=O) groups is 1. The third-order valence-corrected chi connectivity index (χ3v) is 4.17. The van der Waals surface area contributed by atoms with E-state index in [1.165, 1.54) is 6.07 Å². The van der Waals surface area contributed by atoms with Crippen molar-refractivity contribution in [2.24, 2.45) is 0 Å². The first-order valence-corrected chi connectivity index (χ1v) is 8.71. The van der Waals surface area contributed by atoms with Gasteiger partial charge in [0.05, 0.1) is 14.2 Å². The number of aromatic nitrogens is 2. The van der Waals surface area contributed by atoms with Crippen LogP contribution in [0.4, 0.5) is 0 Å². The summed E-state index contributed by atoms with van der Waals surface area (Å²) >= 11 is 0. The molecule has 1 amide bonds. The Morgan fingerprint density at radius 3 is 2.11 bits per heavy atom. The topological polar surface area (TPSA) is 93.3 Å². The van der Waals surface area contributed by atoms with Gasteiger partial charge in [0.15, 0.2) is 0 Å². The highest BCUT2D eigenvalue weighted by atomic mass is 16.5. The molecule has 0 aliphatic carbocycles. The molecule has 0 bridgehead atoms. The SMILES string of the molecule is COc1ccc(CNC(=O)c2cc(=O)[nH]c(Cc3ccc(OC)cc3)n2)cc1. The predicted molar refractivity (Wildman–Crippen MR) is 105 cm³/mol. The van der Waals surface area contributed by atoms with Crippen LogP contribution in [0.25, 0.3) is 0 Å².